The van der Waals surface area contributed by atoms with Crippen LogP contribution in [0.2, 0.25) is 0 Å². The predicted octanol–water partition coefficient (Wildman–Crippen LogP) is 4.47. The van der Waals surface area contributed by atoms with Crippen LogP contribution in [0.1, 0.15) is 25.8 Å². The highest BCUT2D eigenvalue weighted by molar-refractivity contribution is 8.04. The van der Waals surface area contributed by atoms with Gasteiger partial charge in [-0.15, -0.1) is 0 Å². The molecule has 1 N–H and O–H groups in total. The monoisotopic (exact) mass is 398 g/mol. The Morgan fingerprint density at radius 3 is 2.64 bits per heavy atom. The number of rotatable bonds is 6. The Morgan fingerprint density at radius 1 is 1.18 bits per heavy atom. The molecule has 0 fully saturated rings. The lowest BCUT2D eigenvalue weighted by Gasteiger charge is -2.29. The number of nitrogens with one attached hydrogen (secondary N) is 1. The Kier molecular flexibility index (Phi) is 6.52. The molecule has 0 atom stereocenters. The van der Waals surface area contributed by atoms with Gasteiger partial charge in [0.2, 0.25) is 5.91 Å². The third kappa shape index (κ3) is 4.81. The molecule has 0 saturated heterocycles. The molecule has 1 aliphatic rings. The van der Waals surface area contributed by atoms with Gasteiger partial charge < -0.3 is 5.32 Å². The first-order chi connectivity index (χ1) is 13.5. The van der Waals surface area contributed by atoms with E-state index in [1.165, 1.54) is 22.7 Å². The van der Waals surface area contributed by atoms with Crippen molar-refractivity contribution < 1.29 is 14.0 Å². The van der Waals surface area contributed by atoms with Gasteiger partial charge in [0, 0.05) is 17.0 Å². The van der Waals surface area contributed by atoms with Crippen molar-refractivity contribution in [3.63, 3.8) is 0 Å². The highest BCUT2D eigenvalue weighted by atomic mass is 32.2. The lowest BCUT2D eigenvalue weighted by molar-refractivity contribution is -0.122. The summed E-state index contributed by atoms with van der Waals surface area (Å²) in [6.45, 7) is 4.69. The number of fused-ring (bicyclic) bond motifs is 1. The van der Waals surface area contributed by atoms with Crippen molar-refractivity contribution in [2.24, 2.45) is 5.92 Å². The van der Waals surface area contributed by atoms with Gasteiger partial charge in [-0.3, -0.25) is 14.5 Å². The van der Waals surface area contributed by atoms with Crippen molar-refractivity contribution in [3.05, 3.63) is 64.8 Å². The van der Waals surface area contributed by atoms with E-state index in [0.717, 1.165) is 11.3 Å². The van der Waals surface area contributed by atoms with Gasteiger partial charge in [-0.1, -0.05) is 55.9 Å². The Balaban J connectivity index is 1.85. The van der Waals surface area contributed by atoms with Crippen LogP contribution in [-0.4, -0.2) is 24.9 Å². The lowest BCUT2D eigenvalue weighted by Crippen LogP contribution is -2.43. The minimum Gasteiger partial charge on any atom is -0.355 e. The fraction of sp³-hybridized carbons (Fsp3) is 0.273. The number of carbonyl (C=O) groups excluding carboxylic acids is 2. The standard InChI is InChI=1S/C22H23FN2O2S/c1-15(2)11-12-24-21(26)14-25-18-9-5-6-10-19(18)28-20(22(25)27)13-16-7-3-4-8-17(16)23/h3-10,13,15H,11-12,14H2,1-2H3,(H,24,26). The van der Waals surface area contributed by atoms with Crippen LogP contribution in [0.3, 0.4) is 0 Å². The van der Waals surface area contributed by atoms with E-state index in [1.807, 2.05) is 24.3 Å². The molecule has 1 heterocycles. The predicted molar refractivity (Wildman–Crippen MR) is 111 cm³/mol. The second-order valence-corrected chi connectivity index (χ2v) is 8.11. The minimum atomic E-state index is -0.389. The van der Waals surface area contributed by atoms with Crippen LogP contribution < -0.4 is 10.2 Å². The fourth-order valence-corrected chi connectivity index (χ4v) is 3.90. The maximum absolute atomic E-state index is 14.0. The van der Waals surface area contributed by atoms with Gasteiger partial charge in [-0.25, -0.2) is 4.39 Å². The second-order valence-electron chi connectivity index (χ2n) is 7.02. The van der Waals surface area contributed by atoms with E-state index < -0.39 is 0 Å². The van der Waals surface area contributed by atoms with Crippen LogP contribution in [0, 0.1) is 11.7 Å². The van der Waals surface area contributed by atoms with Crippen molar-refractivity contribution in [1.82, 2.24) is 5.32 Å². The van der Waals surface area contributed by atoms with Crippen molar-refractivity contribution in [2.75, 3.05) is 18.0 Å². The van der Waals surface area contributed by atoms with Crippen molar-refractivity contribution in [2.45, 2.75) is 25.2 Å². The van der Waals surface area contributed by atoms with E-state index in [9.17, 15) is 14.0 Å². The molecule has 4 nitrogen and oxygen atoms in total. The molecule has 0 aromatic heterocycles. The number of carbonyl (C=O) groups is 2. The minimum absolute atomic E-state index is 0.0664. The maximum atomic E-state index is 14.0. The first-order valence-corrected chi connectivity index (χ1v) is 10.1. The van der Waals surface area contributed by atoms with Crippen LogP contribution >= 0.6 is 11.8 Å². The highest BCUT2D eigenvalue weighted by Crippen LogP contribution is 2.42. The van der Waals surface area contributed by atoms with Gasteiger partial charge in [0.15, 0.2) is 0 Å². The molecule has 0 unspecified atom stereocenters. The molecule has 3 rings (SSSR count). The van der Waals surface area contributed by atoms with E-state index in [4.69, 9.17) is 0 Å². The largest absolute Gasteiger partial charge is 0.355 e. The molecule has 0 saturated carbocycles. The Bertz CT molecular complexity index is 911. The normalized spacial score (nSPS) is 15.1. The highest BCUT2D eigenvalue weighted by Gasteiger charge is 2.30. The molecule has 6 heteroatoms. The molecule has 0 aliphatic carbocycles. The molecule has 0 spiro atoms. The van der Waals surface area contributed by atoms with Crippen molar-refractivity contribution in [1.29, 1.82) is 0 Å². The first-order valence-electron chi connectivity index (χ1n) is 9.27. The van der Waals surface area contributed by atoms with Gasteiger partial charge >= 0.3 is 0 Å². The average Bonchev–Trinajstić information content (AvgIpc) is 2.66. The van der Waals surface area contributed by atoms with Crippen LogP contribution in [0.4, 0.5) is 10.1 Å². The molecule has 28 heavy (non-hydrogen) atoms. The van der Waals surface area contributed by atoms with Crippen LogP contribution in [-0.2, 0) is 9.59 Å². The van der Waals surface area contributed by atoms with Crippen LogP contribution in [0.5, 0.6) is 0 Å². The molecular weight excluding hydrogens is 375 g/mol. The molecule has 0 bridgehead atoms. The second kappa shape index (κ2) is 9.06. The van der Waals surface area contributed by atoms with E-state index >= 15 is 0 Å². The van der Waals surface area contributed by atoms with E-state index in [1.54, 1.807) is 24.3 Å². The van der Waals surface area contributed by atoms with Crippen molar-refractivity contribution >= 4 is 35.3 Å². The Labute approximate surface area is 168 Å². The van der Waals surface area contributed by atoms with E-state index in [-0.39, 0.29) is 24.2 Å². The first kappa shape index (κ1) is 20.1. The zero-order valence-corrected chi connectivity index (χ0v) is 16.8. The number of thioether (sulfide) groups is 1. The van der Waals surface area contributed by atoms with Crippen LogP contribution in [0.15, 0.2) is 58.3 Å². The summed E-state index contributed by atoms with van der Waals surface area (Å²) in [7, 11) is 0. The number of benzene rings is 2. The average molecular weight is 399 g/mol. The summed E-state index contributed by atoms with van der Waals surface area (Å²) in [6, 6.07) is 13.7. The zero-order valence-electron chi connectivity index (χ0n) is 15.9. The lowest BCUT2D eigenvalue weighted by atomic mass is 10.1. The molecule has 146 valence electrons. The number of amides is 2. The summed E-state index contributed by atoms with van der Waals surface area (Å²) in [6.07, 6.45) is 2.42. The number of hydrogen-bond donors (Lipinski definition) is 1. The molecular formula is C22H23FN2O2S. The number of para-hydroxylation sites is 1. The fourth-order valence-electron chi connectivity index (χ4n) is 2.85. The maximum Gasteiger partial charge on any atom is 0.265 e. The molecule has 2 amide bonds. The SMILES string of the molecule is CC(C)CCNC(=O)CN1C(=O)C(=Cc2ccccc2F)Sc2ccccc21. The molecule has 1 aliphatic heterocycles. The summed E-state index contributed by atoms with van der Waals surface area (Å²) in [4.78, 5) is 28.1. The third-order valence-electron chi connectivity index (χ3n) is 4.37. The number of hydrogen-bond acceptors (Lipinski definition) is 3. The Morgan fingerprint density at radius 2 is 1.89 bits per heavy atom. The number of nitrogens with zero attached hydrogens (tertiary/aromatic N) is 1. The Hall–Kier alpha value is -2.60. The summed E-state index contributed by atoms with van der Waals surface area (Å²) in [5, 5.41) is 2.87. The van der Waals surface area contributed by atoms with Gasteiger partial charge in [-0.05, 0) is 36.6 Å². The number of halogens is 1. The van der Waals surface area contributed by atoms with Crippen LogP contribution in [0.25, 0.3) is 6.08 Å². The van der Waals surface area contributed by atoms with Gasteiger partial charge in [0.25, 0.3) is 5.91 Å². The summed E-state index contributed by atoms with van der Waals surface area (Å²) in [5.74, 6) is -0.406. The third-order valence-corrected chi connectivity index (χ3v) is 5.45. The molecule has 0 radical (unpaired) electrons. The summed E-state index contributed by atoms with van der Waals surface area (Å²) >= 11 is 1.29. The zero-order chi connectivity index (χ0) is 20.1. The van der Waals surface area contributed by atoms with Gasteiger partial charge in [-0.2, -0.15) is 0 Å². The van der Waals surface area contributed by atoms with Crippen molar-refractivity contribution in [3.8, 4) is 0 Å². The summed E-state index contributed by atoms with van der Waals surface area (Å²) in [5.41, 5.74) is 1.04. The van der Waals surface area contributed by atoms with E-state index in [2.05, 4.69) is 19.2 Å². The van der Waals surface area contributed by atoms with Gasteiger partial charge in [0.05, 0.1) is 10.6 Å². The number of anilines is 1. The molecule has 2 aromatic carbocycles. The summed E-state index contributed by atoms with van der Waals surface area (Å²) < 4.78 is 14.0. The quantitative estimate of drug-likeness (QED) is 0.731. The topological polar surface area (TPSA) is 49.4 Å². The van der Waals surface area contributed by atoms with E-state index in [0.29, 0.717) is 28.6 Å². The smallest absolute Gasteiger partial charge is 0.265 e. The molecule has 2 aromatic rings. The van der Waals surface area contributed by atoms with Gasteiger partial charge in [0.1, 0.15) is 12.4 Å².